The normalized spacial score (nSPS) is 11.5. The van der Waals surface area contributed by atoms with Crippen LogP contribution in [0.25, 0.3) is 0 Å². The van der Waals surface area contributed by atoms with E-state index in [-0.39, 0.29) is 95.5 Å². The quantitative estimate of drug-likeness (QED) is 0.0511. The summed E-state index contributed by atoms with van der Waals surface area (Å²) in [5, 5.41) is 28.6. The van der Waals surface area contributed by atoms with Crippen molar-refractivity contribution < 1.29 is 57.9 Å². The minimum Gasteiger partial charge on any atom is -0.481 e. The Morgan fingerprint density at radius 2 is 0.940 bits per heavy atom. The zero-order chi connectivity index (χ0) is 37.1. The number of unbranched alkanes of at least 4 members (excludes halogenated alkanes) is 9. The van der Waals surface area contributed by atoms with Crippen molar-refractivity contribution in [2.75, 3.05) is 72.5 Å². The highest BCUT2D eigenvalue weighted by atomic mass is 16.5. The van der Waals surface area contributed by atoms with Gasteiger partial charge in [0.2, 0.25) is 23.6 Å². The highest BCUT2D eigenvalue weighted by molar-refractivity contribution is 5.84. The lowest BCUT2D eigenvalue weighted by Gasteiger charge is -2.14. The molecular formula is C34H62N4O12. The number of hydrogen-bond donors (Lipinski definition) is 6. The number of carboxylic acids is 2. The molecule has 16 heteroatoms. The van der Waals surface area contributed by atoms with Gasteiger partial charge in [0.15, 0.2) is 0 Å². The van der Waals surface area contributed by atoms with E-state index >= 15 is 0 Å². The summed E-state index contributed by atoms with van der Waals surface area (Å²) in [6.07, 6.45) is 10.9. The van der Waals surface area contributed by atoms with Crippen molar-refractivity contribution in [2.45, 2.75) is 109 Å². The third-order valence-electron chi connectivity index (χ3n) is 7.26. The van der Waals surface area contributed by atoms with Crippen molar-refractivity contribution in [3.8, 4) is 0 Å². The van der Waals surface area contributed by atoms with Gasteiger partial charge in [-0.05, 0) is 25.7 Å². The van der Waals surface area contributed by atoms with Crippen LogP contribution in [0.15, 0.2) is 0 Å². The minimum absolute atomic E-state index is 0.0146. The van der Waals surface area contributed by atoms with Gasteiger partial charge in [0.05, 0.1) is 39.6 Å². The first-order valence-electron chi connectivity index (χ1n) is 18.0. The molecule has 0 bridgehead atoms. The van der Waals surface area contributed by atoms with Gasteiger partial charge in [-0.2, -0.15) is 0 Å². The highest BCUT2D eigenvalue weighted by Gasteiger charge is 2.20. The van der Waals surface area contributed by atoms with Crippen LogP contribution in [-0.4, -0.2) is 124 Å². The lowest BCUT2D eigenvalue weighted by Crippen LogP contribution is -2.41. The van der Waals surface area contributed by atoms with Crippen molar-refractivity contribution in [1.82, 2.24) is 21.3 Å². The summed E-state index contributed by atoms with van der Waals surface area (Å²) in [7, 11) is 0. The van der Waals surface area contributed by atoms with E-state index in [2.05, 4.69) is 21.3 Å². The fourth-order valence-corrected chi connectivity index (χ4v) is 4.52. The predicted molar refractivity (Wildman–Crippen MR) is 184 cm³/mol. The average Bonchev–Trinajstić information content (AvgIpc) is 3.08. The topological polar surface area (TPSA) is 228 Å². The Morgan fingerprint density at radius 1 is 0.500 bits per heavy atom. The summed E-state index contributed by atoms with van der Waals surface area (Å²) in [4.78, 5) is 69.5. The predicted octanol–water partition coefficient (Wildman–Crippen LogP) is 1.93. The SMILES string of the molecule is CCCNC(=O)COCCOCCNC(=O)COCCOCCNC(=O)CC[C@H](NC(=O)CCCCCCCCCCCCC(=O)O)C(=O)O. The van der Waals surface area contributed by atoms with Crippen LogP contribution >= 0.6 is 0 Å². The molecule has 0 aromatic carbocycles. The van der Waals surface area contributed by atoms with Crippen LogP contribution in [0.1, 0.15) is 103 Å². The molecule has 0 rings (SSSR count). The molecule has 16 nitrogen and oxygen atoms in total. The molecule has 0 saturated heterocycles. The maximum atomic E-state index is 12.2. The number of nitrogens with one attached hydrogen (secondary N) is 4. The lowest BCUT2D eigenvalue weighted by molar-refractivity contribution is -0.142. The standard InChI is InChI=1S/C34H62N4O12/c1-2-17-35-31(41)26-49-24-23-48-21-19-37-32(42)27-50-25-22-47-20-18-36-29(39)16-15-28(34(45)46)38-30(40)13-11-9-7-5-3-4-6-8-10-12-14-33(43)44/h28H,2-27H2,1H3,(H,35,41)(H,36,39)(H,37,42)(H,38,40)(H,43,44)(H,45,46)/t28-/m0/s1. The Hall–Kier alpha value is -3.34. The molecule has 1 atom stereocenters. The van der Waals surface area contributed by atoms with Gasteiger partial charge in [-0.15, -0.1) is 0 Å². The van der Waals surface area contributed by atoms with Crippen molar-refractivity contribution in [1.29, 1.82) is 0 Å². The molecule has 0 aromatic rings. The first-order valence-corrected chi connectivity index (χ1v) is 18.0. The van der Waals surface area contributed by atoms with Crippen LogP contribution in [0.5, 0.6) is 0 Å². The van der Waals surface area contributed by atoms with Crippen LogP contribution < -0.4 is 21.3 Å². The molecule has 6 N–H and O–H groups in total. The number of ether oxygens (including phenoxy) is 4. The molecule has 50 heavy (non-hydrogen) atoms. The summed E-state index contributed by atoms with van der Waals surface area (Å²) in [6.45, 7) is 4.42. The van der Waals surface area contributed by atoms with Crippen molar-refractivity contribution in [2.24, 2.45) is 0 Å². The molecule has 4 amide bonds. The number of aliphatic carboxylic acids is 2. The van der Waals surface area contributed by atoms with Gasteiger partial charge in [-0.3, -0.25) is 24.0 Å². The second-order valence-corrected chi connectivity index (χ2v) is 11.8. The van der Waals surface area contributed by atoms with Gasteiger partial charge in [0.1, 0.15) is 19.3 Å². The molecule has 0 radical (unpaired) electrons. The molecule has 0 aliphatic carbocycles. The van der Waals surface area contributed by atoms with E-state index in [1.54, 1.807) is 0 Å². The average molecular weight is 719 g/mol. The number of carbonyl (C=O) groups excluding carboxylic acids is 4. The van der Waals surface area contributed by atoms with Crippen LogP contribution in [0.4, 0.5) is 0 Å². The summed E-state index contributed by atoms with van der Waals surface area (Å²) in [6, 6.07) is -1.14. The number of carbonyl (C=O) groups is 6. The maximum absolute atomic E-state index is 12.2. The molecule has 0 heterocycles. The zero-order valence-electron chi connectivity index (χ0n) is 29.9. The van der Waals surface area contributed by atoms with Crippen LogP contribution in [0.3, 0.4) is 0 Å². The van der Waals surface area contributed by atoms with Crippen molar-refractivity contribution >= 4 is 35.6 Å². The molecular weight excluding hydrogens is 656 g/mol. The first-order chi connectivity index (χ1) is 24.1. The minimum atomic E-state index is -1.19. The first kappa shape index (κ1) is 46.7. The summed E-state index contributed by atoms with van der Waals surface area (Å²) >= 11 is 0. The second-order valence-electron chi connectivity index (χ2n) is 11.8. The molecule has 0 fully saturated rings. The number of hydrogen-bond acceptors (Lipinski definition) is 10. The Balaban J connectivity index is 3.68. The smallest absolute Gasteiger partial charge is 0.326 e. The molecule has 0 saturated carbocycles. The van der Waals surface area contributed by atoms with Gasteiger partial charge in [0.25, 0.3) is 0 Å². The van der Waals surface area contributed by atoms with Gasteiger partial charge in [0, 0.05) is 38.9 Å². The Labute approximate surface area is 296 Å². The molecule has 0 unspecified atom stereocenters. The molecule has 0 spiro atoms. The monoisotopic (exact) mass is 718 g/mol. The summed E-state index contributed by atoms with van der Waals surface area (Å²) in [5.74, 6) is -3.10. The van der Waals surface area contributed by atoms with Crippen molar-refractivity contribution in [3.05, 3.63) is 0 Å². The number of amides is 4. The third-order valence-corrected chi connectivity index (χ3v) is 7.26. The van der Waals surface area contributed by atoms with E-state index in [1.165, 1.54) is 0 Å². The zero-order valence-corrected chi connectivity index (χ0v) is 29.9. The Bertz CT molecular complexity index is 938. The molecule has 290 valence electrons. The largest absolute Gasteiger partial charge is 0.481 e. The number of carboxylic acid groups (broad SMARTS) is 2. The van der Waals surface area contributed by atoms with Gasteiger partial charge in [-0.25, -0.2) is 4.79 Å². The third kappa shape index (κ3) is 33.2. The van der Waals surface area contributed by atoms with E-state index in [0.717, 1.165) is 64.2 Å². The maximum Gasteiger partial charge on any atom is 0.326 e. The van der Waals surface area contributed by atoms with E-state index < -0.39 is 18.0 Å². The van der Waals surface area contributed by atoms with E-state index in [9.17, 15) is 33.9 Å². The molecule has 0 aliphatic rings. The van der Waals surface area contributed by atoms with E-state index in [0.29, 0.717) is 32.7 Å². The fraction of sp³-hybridized carbons (Fsp3) is 0.824. The van der Waals surface area contributed by atoms with E-state index in [4.69, 9.17) is 24.1 Å². The summed E-state index contributed by atoms with van der Waals surface area (Å²) in [5.41, 5.74) is 0. The lowest BCUT2D eigenvalue weighted by atomic mass is 10.0. The van der Waals surface area contributed by atoms with Crippen LogP contribution in [0, 0.1) is 0 Å². The molecule has 0 aliphatic heterocycles. The molecule has 0 aromatic heterocycles. The number of rotatable bonds is 36. The highest BCUT2D eigenvalue weighted by Crippen LogP contribution is 2.12. The van der Waals surface area contributed by atoms with Gasteiger partial charge >= 0.3 is 11.9 Å². The Kier molecular flexibility index (Phi) is 31.8. The van der Waals surface area contributed by atoms with Crippen LogP contribution in [0.2, 0.25) is 0 Å². The fourth-order valence-electron chi connectivity index (χ4n) is 4.52. The Morgan fingerprint density at radius 3 is 1.42 bits per heavy atom. The van der Waals surface area contributed by atoms with Gasteiger partial charge in [-0.1, -0.05) is 58.3 Å². The second kappa shape index (κ2) is 34.1. The van der Waals surface area contributed by atoms with Gasteiger partial charge < -0.3 is 50.4 Å². The summed E-state index contributed by atoms with van der Waals surface area (Å²) < 4.78 is 21.1. The van der Waals surface area contributed by atoms with Crippen LogP contribution in [-0.2, 0) is 47.7 Å². The van der Waals surface area contributed by atoms with E-state index in [1.807, 2.05) is 6.92 Å². The van der Waals surface area contributed by atoms with Crippen molar-refractivity contribution in [3.63, 3.8) is 0 Å².